The fraction of sp³-hybridized carbons (Fsp3) is 0.318. The van der Waals surface area contributed by atoms with Gasteiger partial charge in [0.15, 0.2) is 0 Å². The van der Waals surface area contributed by atoms with Crippen molar-refractivity contribution in [1.29, 1.82) is 0 Å². The molecule has 0 radical (unpaired) electrons. The van der Waals surface area contributed by atoms with Crippen LogP contribution in [0.25, 0.3) is 0 Å². The summed E-state index contributed by atoms with van der Waals surface area (Å²) in [6, 6.07) is 18.0. The quantitative estimate of drug-likeness (QED) is 0.544. The second kappa shape index (κ2) is 7.67. The number of rotatable bonds is 5. The lowest BCUT2D eigenvalue weighted by Crippen LogP contribution is -2.48. The molecular formula is C22H24BrNO2. The zero-order valence-corrected chi connectivity index (χ0v) is 16.8. The zero-order valence-electron chi connectivity index (χ0n) is 15.2. The molecule has 2 aromatic carbocycles. The molecule has 0 spiro atoms. The van der Waals surface area contributed by atoms with E-state index in [4.69, 9.17) is 4.74 Å². The third-order valence-electron chi connectivity index (χ3n) is 4.98. The van der Waals surface area contributed by atoms with Crippen LogP contribution in [0.2, 0.25) is 0 Å². The highest BCUT2D eigenvalue weighted by Gasteiger charge is 2.43. The Hall–Kier alpha value is -2.07. The fourth-order valence-electron chi connectivity index (χ4n) is 3.60. The topological polar surface area (TPSA) is 29.5 Å². The van der Waals surface area contributed by atoms with Crippen molar-refractivity contribution in [1.82, 2.24) is 4.90 Å². The summed E-state index contributed by atoms with van der Waals surface area (Å²) in [4.78, 5) is 14.7. The summed E-state index contributed by atoms with van der Waals surface area (Å²) >= 11 is 3.45. The second-order valence-electron chi connectivity index (χ2n) is 7.03. The second-order valence-corrected chi connectivity index (χ2v) is 7.95. The van der Waals surface area contributed by atoms with Gasteiger partial charge < -0.3 is 9.64 Å². The van der Waals surface area contributed by atoms with Gasteiger partial charge in [0.25, 0.3) is 0 Å². The highest BCUT2D eigenvalue weighted by atomic mass is 79.9. The van der Waals surface area contributed by atoms with Gasteiger partial charge in [0.05, 0.1) is 6.04 Å². The first-order valence-corrected chi connectivity index (χ1v) is 9.65. The summed E-state index contributed by atoms with van der Waals surface area (Å²) < 4.78 is 7.09. The standard InChI is InChI=1S/C22H24BrNO2/c1-16(2)15-22(19-7-5-4-6-8-19)13-14-24(21(25)26-22)17(3)18-9-11-20(23)12-10-18/h4-12,17H,1,13-15H2,2-3H3/t17-,22?/m0/s1. The maximum Gasteiger partial charge on any atom is 0.411 e. The molecule has 0 aliphatic carbocycles. The van der Waals surface area contributed by atoms with E-state index in [0.717, 1.165) is 27.6 Å². The van der Waals surface area contributed by atoms with Gasteiger partial charge in [-0.1, -0.05) is 70.5 Å². The van der Waals surface area contributed by atoms with Crippen LogP contribution in [0.15, 0.2) is 71.2 Å². The molecule has 1 unspecified atom stereocenters. The van der Waals surface area contributed by atoms with Crippen LogP contribution in [-0.4, -0.2) is 17.5 Å². The van der Waals surface area contributed by atoms with Crippen LogP contribution in [0.5, 0.6) is 0 Å². The van der Waals surface area contributed by atoms with Gasteiger partial charge in [-0.2, -0.15) is 0 Å². The smallest absolute Gasteiger partial charge is 0.411 e. The Morgan fingerprint density at radius 1 is 1.23 bits per heavy atom. The Bertz CT molecular complexity index is 788. The van der Waals surface area contributed by atoms with Crippen molar-refractivity contribution in [2.75, 3.05) is 6.54 Å². The predicted octanol–water partition coefficient (Wildman–Crippen LogP) is 6.21. The van der Waals surface area contributed by atoms with Gasteiger partial charge >= 0.3 is 6.09 Å². The molecule has 0 N–H and O–H groups in total. The van der Waals surface area contributed by atoms with Crippen molar-refractivity contribution in [3.05, 3.63) is 82.3 Å². The Balaban J connectivity index is 1.84. The van der Waals surface area contributed by atoms with Crippen LogP contribution in [-0.2, 0) is 10.3 Å². The number of nitrogens with zero attached hydrogens (tertiary/aromatic N) is 1. The van der Waals surface area contributed by atoms with Crippen LogP contribution in [0.3, 0.4) is 0 Å². The Kier molecular flexibility index (Phi) is 5.52. The largest absolute Gasteiger partial charge is 0.437 e. The van der Waals surface area contributed by atoms with Crippen molar-refractivity contribution in [2.24, 2.45) is 0 Å². The van der Waals surface area contributed by atoms with E-state index in [1.807, 2.05) is 73.3 Å². The van der Waals surface area contributed by atoms with Gasteiger partial charge in [0.2, 0.25) is 0 Å². The zero-order chi connectivity index (χ0) is 18.7. The summed E-state index contributed by atoms with van der Waals surface area (Å²) in [7, 11) is 0. The van der Waals surface area contributed by atoms with Crippen LogP contribution in [0.1, 0.15) is 43.9 Å². The SMILES string of the molecule is C=C(C)CC1(c2ccccc2)CCN([C@@H](C)c2ccc(Br)cc2)C(=O)O1. The first-order valence-electron chi connectivity index (χ1n) is 8.86. The van der Waals surface area contributed by atoms with Gasteiger partial charge in [-0.15, -0.1) is 0 Å². The van der Waals surface area contributed by atoms with Crippen molar-refractivity contribution in [2.45, 2.75) is 38.3 Å². The fourth-order valence-corrected chi connectivity index (χ4v) is 3.87. The van der Waals surface area contributed by atoms with Crippen LogP contribution in [0, 0.1) is 0 Å². The van der Waals surface area contributed by atoms with Gasteiger partial charge in [0, 0.05) is 23.9 Å². The maximum absolute atomic E-state index is 12.9. The Morgan fingerprint density at radius 3 is 2.46 bits per heavy atom. The van der Waals surface area contributed by atoms with E-state index in [0.29, 0.717) is 13.0 Å². The van der Waals surface area contributed by atoms with E-state index in [1.54, 1.807) is 0 Å². The van der Waals surface area contributed by atoms with Crippen molar-refractivity contribution >= 4 is 22.0 Å². The van der Waals surface area contributed by atoms with Crippen LogP contribution >= 0.6 is 15.9 Å². The van der Waals surface area contributed by atoms with E-state index in [9.17, 15) is 4.79 Å². The molecule has 1 fully saturated rings. The number of hydrogen-bond donors (Lipinski definition) is 0. The van der Waals surface area contributed by atoms with Crippen LogP contribution < -0.4 is 0 Å². The average molecular weight is 414 g/mol. The number of cyclic esters (lactones) is 1. The summed E-state index contributed by atoms with van der Waals surface area (Å²) in [5.74, 6) is 0. The molecule has 26 heavy (non-hydrogen) atoms. The Morgan fingerprint density at radius 2 is 1.88 bits per heavy atom. The molecule has 3 rings (SSSR count). The first kappa shape index (κ1) is 18.7. The molecule has 1 amide bonds. The minimum Gasteiger partial charge on any atom is -0.437 e. The molecule has 1 aliphatic heterocycles. The molecule has 1 aliphatic rings. The number of benzene rings is 2. The Labute approximate surface area is 163 Å². The number of carbonyl (C=O) groups is 1. The summed E-state index contributed by atoms with van der Waals surface area (Å²) in [6.45, 7) is 8.72. The van der Waals surface area contributed by atoms with E-state index in [2.05, 4.69) is 22.5 Å². The first-order chi connectivity index (χ1) is 12.4. The molecule has 0 bridgehead atoms. The molecule has 4 heteroatoms. The summed E-state index contributed by atoms with van der Waals surface area (Å²) in [5.41, 5.74) is 2.51. The summed E-state index contributed by atoms with van der Waals surface area (Å²) in [6.07, 6.45) is 1.12. The third kappa shape index (κ3) is 3.85. The van der Waals surface area contributed by atoms with Gasteiger partial charge in [-0.05, 0) is 37.1 Å². The molecule has 3 nitrogen and oxygen atoms in total. The number of carbonyl (C=O) groups excluding carboxylic acids is 1. The van der Waals surface area contributed by atoms with Crippen molar-refractivity contribution in [3.63, 3.8) is 0 Å². The predicted molar refractivity (Wildman–Crippen MR) is 108 cm³/mol. The average Bonchev–Trinajstić information content (AvgIpc) is 2.62. The molecule has 2 aromatic rings. The van der Waals surface area contributed by atoms with Crippen LogP contribution in [0.4, 0.5) is 4.79 Å². The monoisotopic (exact) mass is 413 g/mol. The van der Waals surface area contributed by atoms with E-state index >= 15 is 0 Å². The third-order valence-corrected chi connectivity index (χ3v) is 5.51. The number of halogens is 1. The lowest BCUT2D eigenvalue weighted by Gasteiger charge is -2.43. The molecule has 0 aromatic heterocycles. The molecular weight excluding hydrogens is 390 g/mol. The minimum absolute atomic E-state index is 0.0331. The van der Waals surface area contributed by atoms with Gasteiger partial charge in [-0.3, -0.25) is 0 Å². The van der Waals surface area contributed by atoms with E-state index < -0.39 is 5.60 Å². The molecule has 0 saturated carbocycles. The summed E-state index contributed by atoms with van der Waals surface area (Å²) in [5, 5.41) is 0. The molecule has 1 saturated heterocycles. The lowest BCUT2D eigenvalue weighted by molar-refractivity contribution is -0.0602. The normalized spacial score (nSPS) is 21.2. The highest BCUT2D eigenvalue weighted by Crippen LogP contribution is 2.41. The number of hydrogen-bond acceptors (Lipinski definition) is 2. The molecule has 2 atom stereocenters. The number of ether oxygens (including phenoxy) is 1. The maximum atomic E-state index is 12.9. The van der Waals surface area contributed by atoms with Crippen molar-refractivity contribution in [3.8, 4) is 0 Å². The number of amides is 1. The lowest BCUT2D eigenvalue weighted by atomic mass is 9.83. The minimum atomic E-state index is -0.625. The van der Waals surface area contributed by atoms with E-state index in [-0.39, 0.29) is 12.1 Å². The van der Waals surface area contributed by atoms with Gasteiger partial charge in [0.1, 0.15) is 5.60 Å². The van der Waals surface area contributed by atoms with Gasteiger partial charge in [-0.25, -0.2) is 4.79 Å². The van der Waals surface area contributed by atoms with E-state index in [1.165, 1.54) is 0 Å². The molecule has 136 valence electrons. The molecule has 1 heterocycles. The van der Waals surface area contributed by atoms with Crippen molar-refractivity contribution < 1.29 is 9.53 Å². The highest BCUT2D eigenvalue weighted by molar-refractivity contribution is 9.10.